The molecule has 0 aliphatic carbocycles. The van der Waals surface area contributed by atoms with Gasteiger partial charge in [0.2, 0.25) is 6.79 Å². The Kier molecular flexibility index (Phi) is 2.99. The van der Waals surface area contributed by atoms with Gasteiger partial charge < -0.3 is 14.8 Å². The van der Waals surface area contributed by atoms with Crippen molar-refractivity contribution in [2.75, 3.05) is 19.9 Å². The van der Waals surface area contributed by atoms with Crippen LogP contribution in [0.4, 0.5) is 0 Å². The maximum Gasteiger partial charge on any atom is 0.270 e. The van der Waals surface area contributed by atoms with Gasteiger partial charge in [-0.2, -0.15) is 0 Å². The van der Waals surface area contributed by atoms with Gasteiger partial charge in [-0.3, -0.25) is 9.69 Å². The summed E-state index contributed by atoms with van der Waals surface area (Å²) in [5.74, 6) is 1.65. The molecule has 4 aliphatic rings. The van der Waals surface area contributed by atoms with Gasteiger partial charge in [0.25, 0.3) is 5.91 Å². The Morgan fingerprint density at radius 1 is 1.33 bits per heavy atom. The molecule has 6 heteroatoms. The summed E-state index contributed by atoms with van der Waals surface area (Å²) < 4.78 is 10.5. The van der Waals surface area contributed by atoms with Crippen LogP contribution in [0.5, 0.6) is 11.5 Å². The smallest absolute Gasteiger partial charge is 0.270 e. The van der Waals surface area contributed by atoms with Crippen LogP contribution in [0, 0.1) is 5.92 Å². The Morgan fingerprint density at radius 3 is 2.86 bits per heavy atom. The number of hydrogen-bond donors (Lipinski definition) is 1. The first-order chi connectivity index (χ1) is 10.2. The van der Waals surface area contributed by atoms with Crippen LogP contribution in [0.2, 0.25) is 0 Å². The highest BCUT2D eigenvalue weighted by Crippen LogP contribution is 2.33. The van der Waals surface area contributed by atoms with Crippen molar-refractivity contribution < 1.29 is 14.3 Å². The Hall–Kier alpha value is -1.82. The second-order valence-corrected chi connectivity index (χ2v) is 6.04. The topological polar surface area (TPSA) is 63.7 Å². The average molecular weight is 289 g/mol. The van der Waals surface area contributed by atoms with Crippen LogP contribution in [0.3, 0.4) is 0 Å². The molecule has 0 radical (unpaired) electrons. The van der Waals surface area contributed by atoms with Gasteiger partial charge in [-0.1, -0.05) is 0 Å². The molecule has 0 aromatic carbocycles. The van der Waals surface area contributed by atoms with Crippen LogP contribution in [-0.4, -0.2) is 47.8 Å². The molecule has 5 rings (SSSR count). The van der Waals surface area contributed by atoms with Crippen LogP contribution in [0.15, 0.2) is 12.3 Å². The van der Waals surface area contributed by atoms with Gasteiger partial charge in [0.1, 0.15) is 5.69 Å². The van der Waals surface area contributed by atoms with Gasteiger partial charge in [-0.15, -0.1) is 0 Å². The number of fused-ring (bicyclic) bond motifs is 4. The fourth-order valence-corrected chi connectivity index (χ4v) is 3.70. The number of rotatable bonds is 2. The fourth-order valence-electron chi connectivity index (χ4n) is 3.70. The third-order valence-corrected chi connectivity index (χ3v) is 4.97. The summed E-state index contributed by atoms with van der Waals surface area (Å²) in [5, 5.41) is 3.17. The summed E-state index contributed by atoms with van der Waals surface area (Å²) in [5.41, 5.74) is 0.392. The molecule has 0 unspecified atom stereocenters. The van der Waals surface area contributed by atoms with E-state index in [2.05, 4.69) is 22.1 Å². The summed E-state index contributed by atoms with van der Waals surface area (Å²) in [4.78, 5) is 19.1. The van der Waals surface area contributed by atoms with E-state index in [0.29, 0.717) is 29.2 Å². The zero-order valence-electron chi connectivity index (χ0n) is 12.0. The van der Waals surface area contributed by atoms with E-state index in [1.807, 2.05) is 0 Å². The SMILES string of the molecule is C[C@@H]1[C@H](NC(=O)c2cc3c(cn2)OCO3)C2CCN1CC2. The standard InChI is InChI=1S/C15H19N3O3/c1-9-14(10-2-4-18(9)5-3-10)17-15(19)11-6-12-13(7-16-11)21-8-20-12/h6-7,9-10,14H,2-5,8H2,1H3,(H,17,19)/t9-,14+/m1/s1. The number of nitrogens with one attached hydrogen (secondary N) is 1. The van der Waals surface area contributed by atoms with E-state index in [1.54, 1.807) is 12.3 Å². The number of carbonyl (C=O) groups is 1. The summed E-state index contributed by atoms with van der Waals surface area (Å²) in [6.45, 7) is 4.70. The molecule has 1 aromatic heterocycles. The van der Waals surface area contributed by atoms with Crippen LogP contribution >= 0.6 is 0 Å². The molecule has 0 spiro atoms. The number of aromatic nitrogens is 1. The van der Waals surface area contributed by atoms with Crippen molar-refractivity contribution in [2.45, 2.75) is 31.8 Å². The predicted molar refractivity (Wildman–Crippen MR) is 75.4 cm³/mol. The number of pyridine rings is 1. The zero-order chi connectivity index (χ0) is 14.4. The van der Waals surface area contributed by atoms with Gasteiger partial charge in [-0.05, 0) is 38.8 Å². The second-order valence-electron chi connectivity index (χ2n) is 6.04. The molecule has 21 heavy (non-hydrogen) atoms. The minimum atomic E-state index is -0.126. The largest absolute Gasteiger partial charge is 0.453 e. The first kappa shape index (κ1) is 12.9. The van der Waals surface area contributed by atoms with Crippen molar-refractivity contribution >= 4 is 5.91 Å². The zero-order valence-corrected chi connectivity index (χ0v) is 12.0. The highest BCUT2D eigenvalue weighted by atomic mass is 16.7. The van der Waals surface area contributed by atoms with E-state index >= 15 is 0 Å². The summed E-state index contributed by atoms with van der Waals surface area (Å²) in [6, 6.07) is 2.27. The highest BCUT2D eigenvalue weighted by molar-refractivity contribution is 5.93. The maximum absolute atomic E-state index is 12.4. The third kappa shape index (κ3) is 2.14. The van der Waals surface area contributed by atoms with E-state index in [9.17, 15) is 4.79 Å². The number of amides is 1. The van der Waals surface area contributed by atoms with Crippen LogP contribution in [0.25, 0.3) is 0 Å². The Bertz CT molecular complexity index is 567. The molecule has 1 aromatic rings. The molecular weight excluding hydrogens is 270 g/mol. The minimum absolute atomic E-state index is 0.126. The lowest BCUT2D eigenvalue weighted by atomic mass is 9.79. The first-order valence-corrected chi connectivity index (χ1v) is 7.53. The van der Waals surface area contributed by atoms with Crippen LogP contribution in [-0.2, 0) is 0 Å². The lowest BCUT2D eigenvalue weighted by Crippen LogP contribution is -2.62. The summed E-state index contributed by atoms with van der Waals surface area (Å²) in [7, 11) is 0. The van der Waals surface area contributed by atoms with E-state index in [0.717, 1.165) is 13.1 Å². The van der Waals surface area contributed by atoms with Gasteiger partial charge in [-0.25, -0.2) is 4.98 Å². The first-order valence-electron chi connectivity index (χ1n) is 7.53. The van der Waals surface area contributed by atoms with Crippen molar-refractivity contribution in [3.8, 4) is 11.5 Å². The average Bonchev–Trinajstić information content (AvgIpc) is 2.98. The van der Waals surface area contributed by atoms with Crippen molar-refractivity contribution in [1.82, 2.24) is 15.2 Å². The van der Waals surface area contributed by atoms with Gasteiger partial charge in [0, 0.05) is 18.2 Å². The molecule has 1 N–H and O–H groups in total. The van der Waals surface area contributed by atoms with Crippen LogP contribution < -0.4 is 14.8 Å². The molecule has 4 aliphatic heterocycles. The van der Waals surface area contributed by atoms with Crippen molar-refractivity contribution in [3.05, 3.63) is 18.0 Å². The molecule has 2 atom stereocenters. The number of hydrogen-bond acceptors (Lipinski definition) is 5. The lowest BCUT2D eigenvalue weighted by Gasteiger charge is -2.49. The molecular formula is C15H19N3O3. The van der Waals surface area contributed by atoms with Gasteiger partial charge in [0.05, 0.1) is 6.20 Å². The highest BCUT2D eigenvalue weighted by Gasteiger charge is 2.40. The van der Waals surface area contributed by atoms with Crippen molar-refractivity contribution in [1.29, 1.82) is 0 Å². The predicted octanol–water partition coefficient (Wildman–Crippen LogP) is 1.02. The maximum atomic E-state index is 12.4. The Morgan fingerprint density at radius 2 is 2.10 bits per heavy atom. The molecule has 6 nitrogen and oxygen atoms in total. The molecule has 5 heterocycles. The molecule has 0 saturated carbocycles. The number of nitrogens with zero attached hydrogens (tertiary/aromatic N) is 2. The lowest BCUT2D eigenvalue weighted by molar-refractivity contribution is 0.0216. The van der Waals surface area contributed by atoms with E-state index < -0.39 is 0 Å². The Balaban J connectivity index is 1.50. The molecule has 112 valence electrons. The van der Waals surface area contributed by atoms with Crippen molar-refractivity contribution in [2.24, 2.45) is 5.92 Å². The van der Waals surface area contributed by atoms with Gasteiger partial charge >= 0.3 is 0 Å². The summed E-state index contributed by atoms with van der Waals surface area (Å²) >= 11 is 0. The number of piperidine rings is 3. The Labute approximate surface area is 123 Å². The fraction of sp³-hybridized carbons (Fsp3) is 0.600. The van der Waals surface area contributed by atoms with E-state index in [1.165, 1.54) is 12.8 Å². The number of carbonyl (C=O) groups excluding carboxylic acids is 1. The van der Waals surface area contributed by atoms with Crippen molar-refractivity contribution in [3.63, 3.8) is 0 Å². The second kappa shape index (κ2) is 4.87. The minimum Gasteiger partial charge on any atom is -0.453 e. The number of ether oxygens (including phenoxy) is 2. The molecule has 3 fully saturated rings. The van der Waals surface area contributed by atoms with E-state index in [4.69, 9.17) is 9.47 Å². The van der Waals surface area contributed by atoms with Crippen LogP contribution in [0.1, 0.15) is 30.3 Å². The monoisotopic (exact) mass is 289 g/mol. The third-order valence-electron chi connectivity index (χ3n) is 4.97. The molecule has 3 saturated heterocycles. The summed E-state index contributed by atoms with van der Waals surface area (Å²) in [6.07, 6.45) is 3.89. The molecule has 2 bridgehead atoms. The molecule has 1 amide bonds. The normalized spacial score (nSPS) is 33.0. The van der Waals surface area contributed by atoms with Gasteiger partial charge in [0.15, 0.2) is 11.5 Å². The van der Waals surface area contributed by atoms with E-state index in [-0.39, 0.29) is 18.7 Å². The quantitative estimate of drug-likeness (QED) is 0.881.